The molecule has 1 aromatic carbocycles. The number of hydrogen-bond acceptors (Lipinski definition) is 4. The van der Waals surface area contributed by atoms with Crippen molar-refractivity contribution in [2.24, 2.45) is 0 Å². The van der Waals surface area contributed by atoms with E-state index in [1.807, 2.05) is 39.0 Å². The van der Waals surface area contributed by atoms with E-state index in [9.17, 15) is 9.59 Å². The number of hydrogen-bond donors (Lipinski definition) is 2. The van der Waals surface area contributed by atoms with E-state index < -0.39 is 0 Å². The number of aryl methyl sites for hydroxylation is 3. The summed E-state index contributed by atoms with van der Waals surface area (Å²) in [6, 6.07) is 7.50. The first-order valence-electron chi connectivity index (χ1n) is 9.77. The molecule has 28 heavy (non-hydrogen) atoms. The lowest BCUT2D eigenvalue weighted by Crippen LogP contribution is -3.12. The molecule has 0 aliphatic carbocycles. The third-order valence-corrected chi connectivity index (χ3v) is 5.89. The number of carbonyl (C=O) groups excluding carboxylic acids is 2. The molecule has 0 aliphatic rings. The summed E-state index contributed by atoms with van der Waals surface area (Å²) in [5.41, 5.74) is 2.56. The fraction of sp³-hybridized carbons (Fsp3) is 0.476. The van der Waals surface area contributed by atoms with Crippen LogP contribution in [0.1, 0.15) is 40.3 Å². The van der Waals surface area contributed by atoms with E-state index >= 15 is 0 Å². The fourth-order valence-corrected chi connectivity index (χ4v) is 3.80. The number of benzene rings is 1. The Hall–Kier alpha value is -2.25. The van der Waals surface area contributed by atoms with Gasteiger partial charge in [0.15, 0.2) is 5.13 Å². The van der Waals surface area contributed by atoms with Crippen LogP contribution < -0.4 is 10.2 Å². The summed E-state index contributed by atoms with van der Waals surface area (Å²) in [7, 11) is 0. The Morgan fingerprint density at radius 2 is 1.89 bits per heavy atom. The number of nitrogens with one attached hydrogen (secondary N) is 2. The van der Waals surface area contributed by atoms with Gasteiger partial charge < -0.3 is 15.1 Å². The van der Waals surface area contributed by atoms with Crippen LogP contribution in [-0.2, 0) is 4.79 Å². The number of rotatable bonds is 9. The molecule has 0 saturated heterocycles. The van der Waals surface area contributed by atoms with Crippen molar-refractivity contribution in [1.29, 1.82) is 0 Å². The molecule has 2 N–H and O–H groups in total. The van der Waals surface area contributed by atoms with E-state index in [1.54, 1.807) is 11.0 Å². The third kappa shape index (κ3) is 6.14. The predicted octanol–water partition coefficient (Wildman–Crippen LogP) is 2.07. The molecule has 0 aliphatic heterocycles. The first kappa shape index (κ1) is 22.0. The molecule has 2 aromatic rings. The number of thiazole rings is 1. The van der Waals surface area contributed by atoms with Gasteiger partial charge in [0.2, 0.25) is 5.91 Å². The average Bonchev–Trinajstić information content (AvgIpc) is 2.97. The van der Waals surface area contributed by atoms with E-state index in [0.29, 0.717) is 17.2 Å². The van der Waals surface area contributed by atoms with Gasteiger partial charge >= 0.3 is 0 Å². The monoisotopic (exact) mass is 403 g/mol. The van der Waals surface area contributed by atoms with Crippen LogP contribution in [0.4, 0.5) is 5.13 Å². The lowest BCUT2D eigenvalue weighted by molar-refractivity contribution is -0.895. The summed E-state index contributed by atoms with van der Waals surface area (Å²) < 4.78 is 0. The molecule has 0 saturated carbocycles. The Balaban J connectivity index is 2.12. The zero-order valence-electron chi connectivity index (χ0n) is 17.5. The smallest absolute Gasteiger partial charge is 0.254 e. The van der Waals surface area contributed by atoms with Crippen LogP contribution in [0.2, 0.25) is 0 Å². The zero-order chi connectivity index (χ0) is 20.7. The van der Waals surface area contributed by atoms with Crippen molar-refractivity contribution < 1.29 is 14.5 Å². The number of nitrogens with zero attached hydrogens (tertiary/aromatic N) is 2. The molecule has 0 radical (unpaired) electrons. The van der Waals surface area contributed by atoms with Crippen molar-refractivity contribution in [3.05, 3.63) is 46.0 Å². The Morgan fingerprint density at radius 3 is 2.46 bits per heavy atom. The third-order valence-electron chi connectivity index (χ3n) is 4.90. The summed E-state index contributed by atoms with van der Waals surface area (Å²) in [6.45, 7) is 13.5. The summed E-state index contributed by atoms with van der Waals surface area (Å²) in [6.07, 6.45) is 0. The molecule has 6 nitrogen and oxygen atoms in total. The Morgan fingerprint density at radius 1 is 1.18 bits per heavy atom. The molecule has 0 atom stereocenters. The van der Waals surface area contributed by atoms with E-state index in [2.05, 4.69) is 24.1 Å². The minimum atomic E-state index is -0.218. The summed E-state index contributed by atoms with van der Waals surface area (Å²) in [4.78, 5) is 34.1. The second kappa shape index (κ2) is 10.3. The minimum Gasteiger partial charge on any atom is -0.334 e. The number of amides is 2. The van der Waals surface area contributed by atoms with Gasteiger partial charge in [-0.2, -0.15) is 0 Å². The first-order valence-corrected chi connectivity index (χ1v) is 10.6. The van der Waals surface area contributed by atoms with E-state index in [0.717, 1.165) is 35.8 Å². The number of likely N-dealkylation sites (N-methyl/N-ethyl adjacent to an activating group) is 1. The van der Waals surface area contributed by atoms with Crippen LogP contribution in [0.25, 0.3) is 0 Å². The van der Waals surface area contributed by atoms with Crippen molar-refractivity contribution in [3.63, 3.8) is 0 Å². The van der Waals surface area contributed by atoms with Crippen LogP contribution in [-0.4, -0.2) is 54.4 Å². The van der Waals surface area contributed by atoms with Crippen molar-refractivity contribution in [2.45, 2.75) is 34.6 Å². The normalized spacial score (nSPS) is 10.9. The quantitative estimate of drug-likeness (QED) is 0.674. The molecule has 1 heterocycles. The maximum absolute atomic E-state index is 13.1. The number of aromatic nitrogens is 1. The SMILES string of the molecule is CC[NH+](CC)CCN(CC(=O)Nc1nc(C)c(C)s1)C(=O)c1cccc(C)c1. The van der Waals surface area contributed by atoms with Gasteiger partial charge in [0, 0.05) is 10.4 Å². The van der Waals surface area contributed by atoms with Crippen molar-refractivity contribution in [1.82, 2.24) is 9.88 Å². The molecule has 1 aromatic heterocycles. The maximum atomic E-state index is 13.1. The summed E-state index contributed by atoms with van der Waals surface area (Å²) in [5, 5.41) is 3.42. The van der Waals surface area contributed by atoms with Gasteiger partial charge in [-0.1, -0.05) is 17.7 Å². The van der Waals surface area contributed by atoms with Gasteiger partial charge in [0.05, 0.1) is 31.9 Å². The van der Waals surface area contributed by atoms with Crippen LogP contribution in [0.15, 0.2) is 24.3 Å². The Kier molecular flexibility index (Phi) is 8.14. The highest BCUT2D eigenvalue weighted by Crippen LogP contribution is 2.21. The van der Waals surface area contributed by atoms with Gasteiger partial charge in [0.1, 0.15) is 6.54 Å². The van der Waals surface area contributed by atoms with Crippen molar-refractivity contribution in [3.8, 4) is 0 Å². The average molecular weight is 404 g/mol. The highest BCUT2D eigenvalue weighted by molar-refractivity contribution is 7.15. The van der Waals surface area contributed by atoms with E-state index in [4.69, 9.17) is 0 Å². The number of carbonyl (C=O) groups is 2. The fourth-order valence-electron chi connectivity index (χ4n) is 2.97. The molecule has 0 bridgehead atoms. The number of anilines is 1. The molecule has 0 unspecified atom stereocenters. The molecule has 0 fully saturated rings. The topological polar surface area (TPSA) is 66.7 Å². The van der Waals surface area contributed by atoms with Gasteiger partial charge in [-0.3, -0.25) is 9.59 Å². The molecule has 152 valence electrons. The van der Waals surface area contributed by atoms with Crippen LogP contribution in [0.5, 0.6) is 0 Å². The van der Waals surface area contributed by atoms with Gasteiger partial charge in [-0.15, -0.1) is 11.3 Å². The molecular weight excluding hydrogens is 372 g/mol. The zero-order valence-corrected chi connectivity index (χ0v) is 18.3. The summed E-state index contributed by atoms with van der Waals surface area (Å²) in [5.74, 6) is -0.332. The largest absolute Gasteiger partial charge is 0.334 e. The molecular formula is C21H31N4O2S+. The summed E-state index contributed by atoms with van der Waals surface area (Å²) >= 11 is 1.45. The minimum absolute atomic E-state index is 0.0190. The molecule has 2 amide bonds. The number of quaternary nitrogens is 1. The lowest BCUT2D eigenvalue weighted by atomic mass is 10.1. The van der Waals surface area contributed by atoms with Crippen LogP contribution >= 0.6 is 11.3 Å². The maximum Gasteiger partial charge on any atom is 0.254 e. The van der Waals surface area contributed by atoms with E-state index in [1.165, 1.54) is 16.2 Å². The van der Waals surface area contributed by atoms with Crippen molar-refractivity contribution in [2.75, 3.05) is 38.0 Å². The lowest BCUT2D eigenvalue weighted by Gasteiger charge is -2.24. The van der Waals surface area contributed by atoms with Gasteiger partial charge in [0.25, 0.3) is 5.91 Å². The molecule has 2 rings (SSSR count). The molecule has 7 heteroatoms. The highest BCUT2D eigenvalue weighted by atomic mass is 32.1. The van der Waals surface area contributed by atoms with Crippen molar-refractivity contribution >= 4 is 28.3 Å². The second-order valence-corrected chi connectivity index (χ2v) is 8.22. The van der Waals surface area contributed by atoms with Crippen LogP contribution in [0.3, 0.4) is 0 Å². The first-order chi connectivity index (χ1) is 13.3. The van der Waals surface area contributed by atoms with E-state index in [-0.39, 0.29) is 18.4 Å². The molecule has 0 spiro atoms. The Labute approximate surface area is 171 Å². The Bertz CT molecular complexity index is 795. The standard InChI is InChI=1S/C21H30N4O2S/c1-6-24(7-2)11-12-25(20(27)18-10-8-9-15(3)13-18)14-19(26)23-21-22-16(4)17(5)28-21/h8-10,13H,6-7,11-12,14H2,1-5H3,(H,22,23,26)/p+1. The van der Waals surface area contributed by atoms with Gasteiger partial charge in [-0.05, 0) is 46.8 Å². The van der Waals surface area contributed by atoms with Crippen LogP contribution in [0, 0.1) is 20.8 Å². The second-order valence-electron chi connectivity index (χ2n) is 7.01. The predicted molar refractivity (Wildman–Crippen MR) is 114 cm³/mol. The highest BCUT2D eigenvalue weighted by Gasteiger charge is 2.21. The van der Waals surface area contributed by atoms with Gasteiger partial charge in [-0.25, -0.2) is 4.98 Å².